The van der Waals surface area contributed by atoms with E-state index in [1.165, 1.54) is 6.07 Å². The number of aromatic nitrogens is 2. The fourth-order valence-corrected chi connectivity index (χ4v) is 1.33. The standard InChI is InChI=1S/C11H12N4O2/c12-11(16)9-3-4-10(15-14-9)13-6-5-8-2-1-7-17-8/h1-4,7H,5-6H2,(H2,12,16)(H,13,15). The molecule has 6 nitrogen and oxygen atoms in total. The minimum Gasteiger partial charge on any atom is -0.469 e. The average Bonchev–Trinajstić information content (AvgIpc) is 2.83. The minimum absolute atomic E-state index is 0.154. The molecule has 0 aliphatic rings. The van der Waals surface area contributed by atoms with Crippen LogP contribution in [0.3, 0.4) is 0 Å². The van der Waals surface area contributed by atoms with E-state index in [0.717, 1.165) is 12.2 Å². The van der Waals surface area contributed by atoms with Crippen LogP contribution in [0.15, 0.2) is 34.9 Å². The van der Waals surface area contributed by atoms with Crippen molar-refractivity contribution >= 4 is 11.7 Å². The third-order valence-electron chi connectivity index (χ3n) is 2.17. The SMILES string of the molecule is NC(=O)c1ccc(NCCc2ccco2)nn1. The summed E-state index contributed by atoms with van der Waals surface area (Å²) in [4.78, 5) is 10.8. The lowest BCUT2D eigenvalue weighted by atomic mass is 10.3. The number of furan rings is 1. The van der Waals surface area contributed by atoms with Gasteiger partial charge in [-0.3, -0.25) is 4.79 Å². The molecular formula is C11H12N4O2. The number of carbonyl (C=O) groups excluding carboxylic acids is 1. The van der Waals surface area contributed by atoms with Gasteiger partial charge in [0, 0.05) is 13.0 Å². The van der Waals surface area contributed by atoms with Gasteiger partial charge in [0.15, 0.2) is 5.69 Å². The Hall–Kier alpha value is -2.37. The molecule has 2 heterocycles. The van der Waals surface area contributed by atoms with Gasteiger partial charge < -0.3 is 15.5 Å². The van der Waals surface area contributed by atoms with Crippen LogP contribution in [0.2, 0.25) is 0 Å². The Morgan fingerprint density at radius 2 is 2.24 bits per heavy atom. The fraction of sp³-hybridized carbons (Fsp3) is 0.182. The highest BCUT2D eigenvalue weighted by Crippen LogP contribution is 2.04. The molecule has 0 radical (unpaired) electrons. The van der Waals surface area contributed by atoms with Crippen LogP contribution >= 0.6 is 0 Å². The van der Waals surface area contributed by atoms with E-state index in [2.05, 4.69) is 15.5 Å². The molecule has 0 atom stereocenters. The van der Waals surface area contributed by atoms with Gasteiger partial charge in [-0.2, -0.15) is 0 Å². The van der Waals surface area contributed by atoms with E-state index in [-0.39, 0.29) is 5.69 Å². The summed E-state index contributed by atoms with van der Waals surface area (Å²) in [5, 5.41) is 10.6. The molecule has 3 N–H and O–H groups in total. The van der Waals surface area contributed by atoms with E-state index < -0.39 is 5.91 Å². The van der Waals surface area contributed by atoms with Gasteiger partial charge in [0.05, 0.1) is 6.26 Å². The second-order valence-electron chi connectivity index (χ2n) is 3.42. The molecule has 2 rings (SSSR count). The summed E-state index contributed by atoms with van der Waals surface area (Å²) in [6, 6.07) is 6.94. The Kier molecular flexibility index (Phi) is 3.34. The Balaban J connectivity index is 1.85. The number of nitrogens with two attached hydrogens (primary N) is 1. The molecule has 6 heteroatoms. The Labute approximate surface area is 97.8 Å². The zero-order valence-corrected chi connectivity index (χ0v) is 9.09. The Morgan fingerprint density at radius 1 is 1.35 bits per heavy atom. The van der Waals surface area contributed by atoms with Crippen LogP contribution in [0.1, 0.15) is 16.2 Å². The minimum atomic E-state index is -0.584. The number of hydrogen-bond acceptors (Lipinski definition) is 5. The molecule has 0 aliphatic heterocycles. The van der Waals surface area contributed by atoms with Gasteiger partial charge in [0.1, 0.15) is 11.6 Å². The molecule has 88 valence electrons. The maximum atomic E-state index is 10.8. The van der Waals surface area contributed by atoms with E-state index in [9.17, 15) is 4.79 Å². The molecule has 2 aromatic rings. The third kappa shape index (κ3) is 3.04. The zero-order chi connectivity index (χ0) is 12.1. The van der Waals surface area contributed by atoms with Gasteiger partial charge >= 0.3 is 0 Å². The van der Waals surface area contributed by atoms with Crippen molar-refractivity contribution < 1.29 is 9.21 Å². The molecule has 0 spiro atoms. The second-order valence-corrected chi connectivity index (χ2v) is 3.42. The number of amides is 1. The lowest BCUT2D eigenvalue weighted by Crippen LogP contribution is -2.14. The van der Waals surface area contributed by atoms with Crippen molar-refractivity contribution in [3.8, 4) is 0 Å². The predicted octanol–water partition coefficient (Wildman–Crippen LogP) is 0.823. The number of primary amides is 1. The fourth-order valence-electron chi connectivity index (χ4n) is 1.33. The molecule has 0 bridgehead atoms. The molecule has 0 aliphatic carbocycles. The van der Waals surface area contributed by atoms with Crippen molar-refractivity contribution in [2.45, 2.75) is 6.42 Å². The molecule has 0 unspecified atom stereocenters. The first-order chi connectivity index (χ1) is 8.25. The van der Waals surface area contributed by atoms with Gasteiger partial charge in [0.2, 0.25) is 0 Å². The average molecular weight is 232 g/mol. The quantitative estimate of drug-likeness (QED) is 0.796. The summed E-state index contributed by atoms with van der Waals surface area (Å²) in [5.74, 6) is 0.917. The van der Waals surface area contributed by atoms with Gasteiger partial charge in [-0.15, -0.1) is 10.2 Å². The van der Waals surface area contributed by atoms with Crippen molar-refractivity contribution in [1.29, 1.82) is 0 Å². The summed E-state index contributed by atoms with van der Waals surface area (Å²) in [7, 11) is 0. The first-order valence-electron chi connectivity index (χ1n) is 5.15. The van der Waals surface area contributed by atoms with Crippen LogP contribution in [0, 0.1) is 0 Å². The van der Waals surface area contributed by atoms with Crippen molar-refractivity contribution in [1.82, 2.24) is 10.2 Å². The molecule has 0 saturated carbocycles. The topological polar surface area (TPSA) is 94.0 Å². The number of anilines is 1. The van der Waals surface area contributed by atoms with Crippen LogP contribution in [-0.2, 0) is 6.42 Å². The zero-order valence-electron chi connectivity index (χ0n) is 9.09. The highest BCUT2D eigenvalue weighted by atomic mass is 16.3. The van der Waals surface area contributed by atoms with Crippen LogP contribution < -0.4 is 11.1 Å². The van der Waals surface area contributed by atoms with E-state index in [0.29, 0.717) is 12.4 Å². The van der Waals surface area contributed by atoms with Gasteiger partial charge in [-0.05, 0) is 24.3 Å². The highest BCUT2D eigenvalue weighted by molar-refractivity contribution is 5.90. The van der Waals surface area contributed by atoms with Crippen molar-refractivity contribution in [2.24, 2.45) is 5.73 Å². The normalized spacial score (nSPS) is 10.1. The predicted molar refractivity (Wildman–Crippen MR) is 61.5 cm³/mol. The molecular weight excluding hydrogens is 220 g/mol. The number of hydrogen-bond donors (Lipinski definition) is 2. The van der Waals surface area contributed by atoms with Crippen LogP contribution in [0.4, 0.5) is 5.82 Å². The van der Waals surface area contributed by atoms with Gasteiger partial charge in [-0.1, -0.05) is 0 Å². The second kappa shape index (κ2) is 5.11. The van der Waals surface area contributed by atoms with Crippen LogP contribution in [0.25, 0.3) is 0 Å². The van der Waals surface area contributed by atoms with Crippen molar-refractivity contribution in [3.63, 3.8) is 0 Å². The maximum absolute atomic E-state index is 10.8. The summed E-state index contributed by atoms with van der Waals surface area (Å²) >= 11 is 0. The number of carbonyl (C=O) groups is 1. The molecule has 2 aromatic heterocycles. The van der Waals surface area contributed by atoms with Gasteiger partial charge in [-0.25, -0.2) is 0 Å². The molecule has 0 fully saturated rings. The van der Waals surface area contributed by atoms with Crippen molar-refractivity contribution in [2.75, 3.05) is 11.9 Å². The first kappa shape index (κ1) is 11.1. The largest absolute Gasteiger partial charge is 0.469 e. The number of nitrogens with zero attached hydrogens (tertiary/aromatic N) is 2. The maximum Gasteiger partial charge on any atom is 0.269 e. The lowest BCUT2D eigenvalue weighted by Gasteiger charge is -2.03. The van der Waals surface area contributed by atoms with Crippen LogP contribution in [0.5, 0.6) is 0 Å². The molecule has 1 amide bonds. The number of rotatable bonds is 5. The van der Waals surface area contributed by atoms with Gasteiger partial charge in [0.25, 0.3) is 5.91 Å². The monoisotopic (exact) mass is 232 g/mol. The Morgan fingerprint density at radius 3 is 2.82 bits per heavy atom. The Bertz CT molecular complexity index is 479. The van der Waals surface area contributed by atoms with E-state index in [1.54, 1.807) is 12.3 Å². The molecule has 17 heavy (non-hydrogen) atoms. The lowest BCUT2D eigenvalue weighted by molar-refractivity contribution is 0.0994. The number of nitrogens with one attached hydrogen (secondary N) is 1. The van der Waals surface area contributed by atoms with Crippen LogP contribution in [-0.4, -0.2) is 22.6 Å². The smallest absolute Gasteiger partial charge is 0.269 e. The summed E-state index contributed by atoms with van der Waals surface area (Å²) in [6.45, 7) is 0.679. The summed E-state index contributed by atoms with van der Waals surface area (Å²) in [6.07, 6.45) is 2.39. The van der Waals surface area contributed by atoms with Crippen molar-refractivity contribution in [3.05, 3.63) is 42.0 Å². The summed E-state index contributed by atoms with van der Waals surface area (Å²) in [5.41, 5.74) is 5.21. The molecule has 0 saturated heterocycles. The van der Waals surface area contributed by atoms with E-state index in [1.807, 2.05) is 12.1 Å². The third-order valence-corrected chi connectivity index (χ3v) is 2.17. The highest BCUT2D eigenvalue weighted by Gasteiger charge is 2.02. The summed E-state index contributed by atoms with van der Waals surface area (Å²) < 4.78 is 5.18. The first-order valence-corrected chi connectivity index (χ1v) is 5.15. The molecule has 0 aromatic carbocycles. The van der Waals surface area contributed by atoms with E-state index >= 15 is 0 Å². The van der Waals surface area contributed by atoms with E-state index in [4.69, 9.17) is 10.2 Å².